The quantitative estimate of drug-likeness (QED) is 0.825. The number of rotatable bonds is 7. The first-order valence-corrected chi connectivity index (χ1v) is 7.53. The standard InChI is InChI=1S/C17H22N4O/c1-13(2)6-9-20-17(22)14-7-10-19-16(11-14)21-12-15-5-3-4-8-18-15/h3-5,7-8,10-11,13H,6,9,12H2,1-2H3,(H,19,21)(H,20,22). The summed E-state index contributed by atoms with van der Waals surface area (Å²) in [7, 11) is 0. The third kappa shape index (κ3) is 5.16. The first-order valence-electron chi connectivity index (χ1n) is 7.53. The van der Waals surface area contributed by atoms with Gasteiger partial charge in [0.05, 0.1) is 12.2 Å². The number of amides is 1. The van der Waals surface area contributed by atoms with Gasteiger partial charge in [0.1, 0.15) is 5.82 Å². The summed E-state index contributed by atoms with van der Waals surface area (Å²) >= 11 is 0. The van der Waals surface area contributed by atoms with Crippen LogP contribution in [0, 0.1) is 5.92 Å². The lowest BCUT2D eigenvalue weighted by Gasteiger charge is -2.09. The van der Waals surface area contributed by atoms with E-state index < -0.39 is 0 Å². The van der Waals surface area contributed by atoms with Crippen molar-refractivity contribution in [3.63, 3.8) is 0 Å². The summed E-state index contributed by atoms with van der Waals surface area (Å²) in [6, 6.07) is 9.24. The molecule has 2 rings (SSSR count). The lowest BCUT2D eigenvalue weighted by atomic mass is 10.1. The minimum atomic E-state index is -0.0658. The van der Waals surface area contributed by atoms with E-state index in [9.17, 15) is 4.79 Å². The van der Waals surface area contributed by atoms with Crippen LogP contribution in [0.15, 0.2) is 42.7 Å². The predicted molar refractivity (Wildman–Crippen MR) is 87.6 cm³/mol. The summed E-state index contributed by atoms with van der Waals surface area (Å²) < 4.78 is 0. The Labute approximate surface area is 131 Å². The molecule has 2 heterocycles. The third-order valence-corrected chi connectivity index (χ3v) is 3.21. The molecule has 5 heteroatoms. The molecule has 0 saturated heterocycles. The van der Waals surface area contributed by atoms with Crippen molar-refractivity contribution in [2.75, 3.05) is 11.9 Å². The molecule has 0 aliphatic rings. The summed E-state index contributed by atoms with van der Waals surface area (Å²) in [6.07, 6.45) is 4.36. The average molecular weight is 298 g/mol. The summed E-state index contributed by atoms with van der Waals surface area (Å²) in [5.74, 6) is 1.18. The Morgan fingerprint density at radius 2 is 2.05 bits per heavy atom. The topological polar surface area (TPSA) is 66.9 Å². The summed E-state index contributed by atoms with van der Waals surface area (Å²) in [5.41, 5.74) is 1.54. The molecule has 0 fully saturated rings. The van der Waals surface area contributed by atoms with E-state index in [-0.39, 0.29) is 5.91 Å². The molecule has 0 bridgehead atoms. The molecular formula is C17H22N4O. The number of carbonyl (C=O) groups excluding carboxylic acids is 1. The maximum atomic E-state index is 12.1. The second kappa shape index (κ2) is 8.12. The maximum Gasteiger partial charge on any atom is 0.251 e. The smallest absolute Gasteiger partial charge is 0.251 e. The van der Waals surface area contributed by atoms with E-state index in [1.165, 1.54) is 0 Å². The normalized spacial score (nSPS) is 10.5. The zero-order valence-electron chi connectivity index (χ0n) is 13.0. The molecule has 1 amide bonds. The fourth-order valence-corrected chi connectivity index (χ4v) is 1.93. The number of hydrogen-bond donors (Lipinski definition) is 2. The molecule has 0 radical (unpaired) electrons. The van der Waals surface area contributed by atoms with Gasteiger partial charge in [-0.05, 0) is 36.6 Å². The van der Waals surface area contributed by atoms with Gasteiger partial charge in [0, 0.05) is 24.5 Å². The highest BCUT2D eigenvalue weighted by molar-refractivity contribution is 5.94. The van der Waals surface area contributed by atoms with Gasteiger partial charge in [-0.2, -0.15) is 0 Å². The summed E-state index contributed by atoms with van der Waals surface area (Å²) in [6.45, 7) is 5.54. The Morgan fingerprint density at radius 1 is 1.18 bits per heavy atom. The number of nitrogens with one attached hydrogen (secondary N) is 2. The molecule has 0 spiro atoms. The van der Waals surface area contributed by atoms with E-state index in [1.807, 2.05) is 18.2 Å². The van der Waals surface area contributed by atoms with Gasteiger partial charge >= 0.3 is 0 Å². The van der Waals surface area contributed by atoms with Crippen LogP contribution in [0.4, 0.5) is 5.82 Å². The minimum absolute atomic E-state index is 0.0658. The summed E-state index contributed by atoms with van der Waals surface area (Å²) in [4.78, 5) is 20.5. The van der Waals surface area contributed by atoms with Gasteiger partial charge in [0.2, 0.25) is 0 Å². The molecule has 0 aromatic carbocycles. The molecule has 0 unspecified atom stereocenters. The Kier molecular flexibility index (Phi) is 5.89. The van der Waals surface area contributed by atoms with Crippen LogP contribution in [0.2, 0.25) is 0 Å². The van der Waals surface area contributed by atoms with Crippen molar-refractivity contribution in [2.45, 2.75) is 26.8 Å². The number of hydrogen-bond acceptors (Lipinski definition) is 4. The molecule has 2 N–H and O–H groups in total. The first-order chi connectivity index (χ1) is 10.6. The van der Waals surface area contributed by atoms with Crippen LogP contribution >= 0.6 is 0 Å². The van der Waals surface area contributed by atoms with Gasteiger partial charge in [-0.3, -0.25) is 9.78 Å². The van der Waals surface area contributed by atoms with Crippen LogP contribution < -0.4 is 10.6 Å². The van der Waals surface area contributed by atoms with Crippen molar-refractivity contribution < 1.29 is 4.79 Å². The van der Waals surface area contributed by atoms with Crippen LogP contribution in [0.25, 0.3) is 0 Å². The predicted octanol–water partition coefficient (Wildman–Crippen LogP) is 2.86. The fourth-order valence-electron chi connectivity index (χ4n) is 1.93. The number of pyridine rings is 2. The highest BCUT2D eigenvalue weighted by Gasteiger charge is 2.07. The van der Waals surface area contributed by atoms with Gasteiger partial charge in [-0.15, -0.1) is 0 Å². The zero-order valence-corrected chi connectivity index (χ0v) is 13.0. The maximum absolute atomic E-state index is 12.1. The number of aromatic nitrogens is 2. The van der Waals surface area contributed by atoms with Gasteiger partial charge in [-0.1, -0.05) is 19.9 Å². The number of anilines is 1. The lowest BCUT2D eigenvalue weighted by molar-refractivity contribution is 0.0952. The van der Waals surface area contributed by atoms with E-state index in [4.69, 9.17) is 0 Å². The second-order valence-electron chi connectivity index (χ2n) is 5.54. The van der Waals surface area contributed by atoms with E-state index in [0.29, 0.717) is 30.4 Å². The van der Waals surface area contributed by atoms with Crippen LogP contribution in [0.5, 0.6) is 0 Å². The molecule has 5 nitrogen and oxygen atoms in total. The van der Waals surface area contributed by atoms with Crippen LogP contribution in [0.3, 0.4) is 0 Å². The zero-order chi connectivity index (χ0) is 15.8. The first kappa shape index (κ1) is 15.9. The highest BCUT2D eigenvalue weighted by Crippen LogP contribution is 2.08. The Morgan fingerprint density at radius 3 is 2.77 bits per heavy atom. The van der Waals surface area contributed by atoms with E-state index in [0.717, 1.165) is 12.1 Å². The molecular weight excluding hydrogens is 276 g/mol. The largest absolute Gasteiger partial charge is 0.364 e. The SMILES string of the molecule is CC(C)CCNC(=O)c1ccnc(NCc2ccccn2)c1. The average Bonchev–Trinajstić information content (AvgIpc) is 2.54. The fraction of sp³-hybridized carbons (Fsp3) is 0.353. The Hall–Kier alpha value is -2.43. The van der Waals surface area contributed by atoms with Gasteiger partial charge in [0.15, 0.2) is 0 Å². The molecule has 2 aromatic rings. The van der Waals surface area contributed by atoms with E-state index in [2.05, 4.69) is 34.4 Å². The van der Waals surface area contributed by atoms with Crippen LogP contribution in [0.1, 0.15) is 36.3 Å². The number of carbonyl (C=O) groups is 1. The molecule has 0 saturated carbocycles. The highest BCUT2D eigenvalue weighted by atomic mass is 16.1. The van der Waals surface area contributed by atoms with Crippen molar-refractivity contribution in [2.24, 2.45) is 5.92 Å². The molecule has 116 valence electrons. The Balaban J connectivity index is 1.90. The lowest BCUT2D eigenvalue weighted by Crippen LogP contribution is -2.25. The van der Waals surface area contributed by atoms with Crippen molar-refractivity contribution in [3.05, 3.63) is 54.0 Å². The number of nitrogens with zero attached hydrogens (tertiary/aromatic N) is 2. The molecule has 0 aliphatic carbocycles. The van der Waals surface area contributed by atoms with Crippen molar-refractivity contribution in [1.82, 2.24) is 15.3 Å². The molecule has 2 aromatic heterocycles. The Bertz CT molecular complexity index is 599. The van der Waals surface area contributed by atoms with Crippen molar-refractivity contribution in [1.29, 1.82) is 0 Å². The summed E-state index contributed by atoms with van der Waals surface area (Å²) in [5, 5.41) is 6.10. The van der Waals surface area contributed by atoms with Crippen LogP contribution in [-0.2, 0) is 6.54 Å². The van der Waals surface area contributed by atoms with E-state index in [1.54, 1.807) is 24.5 Å². The van der Waals surface area contributed by atoms with Crippen LogP contribution in [-0.4, -0.2) is 22.4 Å². The van der Waals surface area contributed by atoms with E-state index >= 15 is 0 Å². The monoisotopic (exact) mass is 298 g/mol. The van der Waals surface area contributed by atoms with Gasteiger partial charge in [-0.25, -0.2) is 4.98 Å². The van der Waals surface area contributed by atoms with Crippen molar-refractivity contribution in [3.8, 4) is 0 Å². The molecule has 0 aliphatic heterocycles. The minimum Gasteiger partial charge on any atom is -0.364 e. The second-order valence-corrected chi connectivity index (χ2v) is 5.54. The third-order valence-electron chi connectivity index (χ3n) is 3.21. The van der Waals surface area contributed by atoms with Gasteiger partial charge in [0.25, 0.3) is 5.91 Å². The molecule has 22 heavy (non-hydrogen) atoms. The van der Waals surface area contributed by atoms with Crippen molar-refractivity contribution >= 4 is 11.7 Å². The van der Waals surface area contributed by atoms with Gasteiger partial charge < -0.3 is 10.6 Å². The molecule has 0 atom stereocenters.